The first kappa shape index (κ1) is 19.4. The number of aryl methyl sites for hydroxylation is 1. The van der Waals surface area contributed by atoms with E-state index in [1.54, 1.807) is 17.1 Å². The topological polar surface area (TPSA) is 93.2 Å². The summed E-state index contributed by atoms with van der Waals surface area (Å²) in [6.45, 7) is 4.29. The molecule has 1 unspecified atom stereocenters. The van der Waals surface area contributed by atoms with Crippen LogP contribution in [0.5, 0.6) is 0 Å². The number of rotatable bonds is 6. The molecule has 2 amide bonds. The molecule has 130 valence electrons. The molecule has 1 fully saturated rings. The highest BCUT2D eigenvalue weighted by Crippen LogP contribution is 2.19. The number of hydrogen-bond donors (Lipinski definition) is 2. The van der Waals surface area contributed by atoms with Crippen LogP contribution in [0.3, 0.4) is 0 Å². The highest BCUT2D eigenvalue weighted by atomic mass is 35.5. The van der Waals surface area contributed by atoms with Crippen LogP contribution in [-0.4, -0.2) is 52.2 Å². The predicted octanol–water partition coefficient (Wildman–Crippen LogP) is 0.784. The van der Waals surface area contributed by atoms with E-state index in [0.717, 1.165) is 32.4 Å². The second-order valence-corrected chi connectivity index (χ2v) is 5.58. The second kappa shape index (κ2) is 9.52. The van der Waals surface area contributed by atoms with Gasteiger partial charge in [0, 0.05) is 44.8 Å². The van der Waals surface area contributed by atoms with Gasteiger partial charge in [-0.05, 0) is 26.2 Å². The van der Waals surface area contributed by atoms with Crippen molar-refractivity contribution in [1.29, 1.82) is 0 Å². The van der Waals surface area contributed by atoms with Gasteiger partial charge in [0.05, 0.1) is 11.8 Å². The van der Waals surface area contributed by atoms with Crippen LogP contribution in [0, 0.1) is 0 Å². The van der Waals surface area contributed by atoms with Crippen molar-refractivity contribution in [2.45, 2.75) is 45.2 Å². The van der Waals surface area contributed by atoms with Crippen LogP contribution in [0.2, 0.25) is 0 Å². The molecule has 0 aliphatic carbocycles. The summed E-state index contributed by atoms with van der Waals surface area (Å²) in [6.07, 6.45) is 6.71. The molecule has 0 spiro atoms. The van der Waals surface area contributed by atoms with Crippen molar-refractivity contribution in [1.82, 2.24) is 20.0 Å². The first-order valence-corrected chi connectivity index (χ1v) is 7.96. The average molecular weight is 344 g/mol. The van der Waals surface area contributed by atoms with E-state index in [4.69, 9.17) is 5.73 Å². The lowest BCUT2D eigenvalue weighted by atomic mass is 10.0. The molecule has 7 nitrogen and oxygen atoms in total. The Morgan fingerprint density at radius 3 is 2.87 bits per heavy atom. The zero-order valence-electron chi connectivity index (χ0n) is 13.5. The van der Waals surface area contributed by atoms with Gasteiger partial charge in [-0.2, -0.15) is 5.10 Å². The Hall–Kier alpha value is -1.60. The van der Waals surface area contributed by atoms with Crippen LogP contribution in [0.1, 0.15) is 43.0 Å². The van der Waals surface area contributed by atoms with Crippen LogP contribution in [0.25, 0.3) is 0 Å². The molecular formula is C15H26ClN5O2. The van der Waals surface area contributed by atoms with Gasteiger partial charge in [0.1, 0.15) is 0 Å². The van der Waals surface area contributed by atoms with Crippen molar-refractivity contribution >= 4 is 24.2 Å². The maximum absolute atomic E-state index is 12.6. The molecule has 1 atom stereocenters. The maximum atomic E-state index is 12.6. The Morgan fingerprint density at radius 1 is 1.43 bits per heavy atom. The Bertz CT molecular complexity index is 520. The fourth-order valence-corrected chi connectivity index (χ4v) is 2.74. The number of nitrogens with one attached hydrogen (secondary N) is 1. The van der Waals surface area contributed by atoms with Gasteiger partial charge in [-0.1, -0.05) is 0 Å². The maximum Gasteiger partial charge on any atom is 0.257 e. The van der Waals surface area contributed by atoms with E-state index in [2.05, 4.69) is 10.4 Å². The normalized spacial score (nSPS) is 17.5. The Morgan fingerprint density at radius 2 is 2.22 bits per heavy atom. The number of hydrogen-bond acceptors (Lipinski definition) is 4. The Kier molecular flexibility index (Phi) is 8.05. The lowest BCUT2D eigenvalue weighted by Gasteiger charge is -2.35. The van der Waals surface area contributed by atoms with Crippen LogP contribution in [0.15, 0.2) is 12.4 Å². The predicted molar refractivity (Wildman–Crippen MR) is 90.5 cm³/mol. The average Bonchev–Trinajstić information content (AvgIpc) is 3.02. The number of nitrogens with two attached hydrogens (primary N) is 1. The standard InChI is InChI=1S/C15H25N5O2.ClH/c1-2-19-11-12(9-18-19)15(22)20-8-4-3-5-13(20)10-17-14(21)6-7-16;/h9,11,13H,2-8,10,16H2,1H3,(H,17,21);1H. The molecule has 2 rings (SSSR count). The number of carbonyl (C=O) groups excluding carboxylic acids is 2. The van der Waals surface area contributed by atoms with Gasteiger partial charge in [0.25, 0.3) is 5.91 Å². The fraction of sp³-hybridized carbons (Fsp3) is 0.667. The first-order chi connectivity index (χ1) is 10.7. The molecule has 8 heteroatoms. The van der Waals surface area contributed by atoms with Crippen molar-refractivity contribution in [2.75, 3.05) is 19.6 Å². The van der Waals surface area contributed by atoms with Gasteiger partial charge >= 0.3 is 0 Å². The van der Waals surface area contributed by atoms with Gasteiger partial charge in [0.2, 0.25) is 5.91 Å². The largest absolute Gasteiger partial charge is 0.354 e. The van der Waals surface area contributed by atoms with Crippen molar-refractivity contribution < 1.29 is 9.59 Å². The molecule has 23 heavy (non-hydrogen) atoms. The summed E-state index contributed by atoms with van der Waals surface area (Å²) in [7, 11) is 0. The summed E-state index contributed by atoms with van der Waals surface area (Å²) in [6, 6.07) is 0.0490. The van der Waals surface area contributed by atoms with Crippen molar-refractivity contribution in [3.05, 3.63) is 18.0 Å². The van der Waals surface area contributed by atoms with Gasteiger partial charge in [-0.3, -0.25) is 14.3 Å². The molecule has 1 aromatic heterocycles. The molecular weight excluding hydrogens is 318 g/mol. The highest BCUT2D eigenvalue weighted by Gasteiger charge is 2.28. The third kappa shape index (κ3) is 5.21. The number of amides is 2. The van der Waals surface area contributed by atoms with E-state index in [1.165, 1.54) is 0 Å². The molecule has 0 radical (unpaired) electrons. The number of nitrogens with zero attached hydrogens (tertiary/aromatic N) is 3. The number of piperidine rings is 1. The molecule has 1 saturated heterocycles. The highest BCUT2D eigenvalue weighted by molar-refractivity contribution is 5.94. The van der Waals surface area contributed by atoms with E-state index < -0.39 is 0 Å². The third-order valence-corrected chi connectivity index (χ3v) is 4.00. The minimum Gasteiger partial charge on any atom is -0.354 e. The SMILES string of the molecule is CCn1cc(C(=O)N2CCCCC2CNC(=O)CCN)cn1.Cl. The number of likely N-dealkylation sites (tertiary alicyclic amines) is 1. The second-order valence-electron chi connectivity index (χ2n) is 5.58. The smallest absolute Gasteiger partial charge is 0.257 e. The van der Waals surface area contributed by atoms with Gasteiger partial charge < -0.3 is 16.0 Å². The molecule has 1 aromatic rings. The summed E-state index contributed by atoms with van der Waals surface area (Å²) in [5.41, 5.74) is 5.98. The summed E-state index contributed by atoms with van der Waals surface area (Å²) in [5, 5.41) is 7.03. The molecule has 1 aliphatic heterocycles. The number of halogens is 1. The summed E-state index contributed by atoms with van der Waals surface area (Å²) in [5.74, 6) is -0.0586. The Labute approximate surface area is 143 Å². The minimum absolute atomic E-state index is 0. The van der Waals surface area contributed by atoms with Crippen molar-refractivity contribution in [3.8, 4) is 0 Å². The van der Waals surface area contributed by atoms with Crippen LogP contribution >= 0.6 is 12.4 Å². The van der Waals surface area contributed by atoms with E-state index in [-0.39, 0.29) is 30.3 Å². The van der Waals surface area contributed by atoms with E-state index in [0.29, 0.717) is 25.1 Å². The van der Waals surface area contributed by atoms with Gasteiger partial charge in [0.15, 0.2) is 0 Å². The lowest BCUT2D eigenvalue weighted by molar-refractivity contribution is -0.121. The summed E-state index contributed by atoms with van der Waals surface area (Å²) in [4.78, 5) is 26.1. The van der Waals surface area contributed by atoms with Crippen molar-refractivity contribution in [2.24, 2.45) is 5.73 Å². The van der Waals surface area contributed by atoms with Gasteiger partial charge in [-0.25, -0.2) is 0 Å². The van der Waals surface area contributed by atoms with Crippen LogP contribution < -0.4 is 11.1 Å². The number of carbonyl (C=O) groups is 2. The Balaban J connectivity index is 0.00000264. The molecule has 0 saturated carbocycles. The molecule has 1 aliphatic rings. The lowest BCUT2D eigenvalue weighted by Crippen LogP contribution is -2.49. The third-order valence-electron chi connectivity index (χ3n) is 4.00. The molecule has 0 aromatic carbocycles. The van der Waals surface area contributed by atoms with E-state index >= 15 is 0 Å². The zero-order chi connectivity index (χ0) is 15.9. The number of aromatic nitrogens is 2. The first-order valence-electron chi connectivity index (χ1n) is 7.96. The molecule has 0 bridgehead atoms. The van der Waals surface area contributed by atoms with E-state index in [1.807, 2.05) is 11.8 Å². The fourth-order valence-electron chi connectivity index (χ4n) is 2.74. The van der Waals surface area contributed by atoms with Crippen LogP contribution in [0.4, 0.5) is 0 Å². The van der Waals surface area contributed by atoms with Gasteiger partial charge in [-0.15, -0.1) is 12.4 Å². The quantitative estimate of drug-likeness (QED) is 0.798. The zero-order valence-corrected chi connectivity index (χ0v) is 14.3. The molecule has 3 N–H and O–H groups in total. The monoisotopic (exact) mass is 343 g/mol. The summed E-state index contributed by atoms with van der Waals surface area (Å²) >= 11 is 0. The van der Waals surface area contributed by atoms with E-state index in [9.17, 15) is 9.59 Å². The van der Waals surface area contributed by atoms with Crippen LogP contribution in [-0.2, 0) is 11.3 Å². The van der Waals surface area contributed by atoms with Crippen molar-refractivity contribution in [3.63, 3.8) is 0 Å². The summed E-state index contributed by atoms with van der Waals surface area (Å²) < 4.78 is 1.75. The molecule has 2 heterocycles. The minimum atomic E-state index is -0.0562.